The summed E-state index contributed by atoms with van der Waals surface area (Å²) >= 11 is 0. The maximum Gasteiger partial charge on any atom is 0.135 e. The largest absolute Gasteiger partial charge is 0.456 e. The summed E-state index contributed by atoms with van der Waals surface area (Å²) in [6, 6.07) is 62.1. The smallest absolute Gasteiger partial charge is 0.135 e. The van der Waals surface area contributed by atoms with Gasteiger partial charge in [-0.15, -0.1) is 0 Å². The Labute approximate surface area is 283 Å². The third-order valence-corrected chi connectivity index (χ3v) is 10.6. The Morgan fingerprint density at radius 1 is 0.265 bits per heavy atom. The molecule has 11 rings (SSSR count). The standard InChI is InChI=1S/C48H28O/c1-2-12-36-34(10-1)35-11-3-5-15-40(35)47-41-16-6-4-13-37(41)43(28-44(36)47)32-23-21-29-26-31(22-20-30(29)27-32)33-24-25-46-48-39(33)17-9-18-42(48)38-14-7-8-19-45(38)49-46/h1-28H. The van der Waals surface area contributed by atoms with Crippen LogP contribution in [0.2, 0.25) is 0 Å². The van der Waals surface area contributed by atoms with Crippen molar-refractivity contribution >= 4 is 64.6 Å². The molecule has 10 aromatic carbocycles. The predicted molar refractivity (Wildman–Crippen MR) is 208 cm³/mol. The Bertz CT molecular complexity index is 3020. The van der Waals surface area contributed by atoms with E-state index in [1.54, 1.807) is 0 Å². The summed E-state index contributed by atoms with van der Waals surface area (Å²) in [5.74, 6) is 1.83. The highest BCUT2D eigenvalue weighted by Crippen LogP contribution is 2.49. The van der Waals surface area contributed by atoms with E-state index < -0.39 is 0 Å². The average Bonchev–Trinajstić information content (AvgIpc) is 3.17. The molecule has 49 heavy (non-hydrogen) atoms. The summed E-state index contributed by atoms with van der Waals surface area (Å²) in [6.07, 6.45) is 0. The average molecular weight is 621 g/mol. The SMILES string of the molecule is c1ccc2c(c1)Oc1ccc(-c3ccc4cc(-c5cc6c7ccccc7c7ccccc7c6c6ccccc56)ccc4c3)c3cccc-2c13. The highest BCUT2D eigenvalue weighted by atomic mass is 16.5. The quantitative estimate of drug-likeness (QED) is 0.175. The van der Waals surface area contributed by atoms with Crippen LogP contribution in [0.3, 0.4) is 0 Å². The van der Waals surface area contributed by atoms with Crippen molar-refractivity contribution in [3.63, 3.8) is 0 Å². The van der Waals surface area contributed by atoms with E-state index >= 15 is 0 Å². The van der Waals surface area contributed by atoms with Crippen LogP contribution >= 0.6 is 0 Å². The molecule has 0 fully saturated rings. The van der Waals surface area contributed by atoms with E-state index in [0.29, 0.717) is 0 Å². The minimum atomic E-state index is 0.914. The van der Waals surface area contributed by atoms with Crippen molar-refractivity contribution in [3.05, 3.63) is 170 Å². The van der Waals surface area contributed by atoms with Crippen molar-refractivity contribution in [3.8, 4) is 44.9 Å². The summed E-state index contributed by atoms with van der Waals surface area (Å²) < 4.78 is 6.37. The monoisotopic (exact) mass is 620 g/mol. The topological polar surface area (TPSA) is 9.23 Å². The number of benzene rings is 10. The third kappa shape index (κ3) is 3.82. The fraction of sp³-hybridized carbons (Fsp3) is 0. The Hall–Kier alpha value is -6.44. The minimum Gasteiger partial charge on any atom is -0.456 e. The fourth-order valence-electron chi connectivity index (χ4n) is 8.42. The zero-order valence-corrected chi connectivity index (χ0v) is 26.6. The normalized spacial score (nSPS) is 12.2. The zero-order chi connectivity index (χ0) is 32.1. The van der Waals surface area contributed by atoms with Gasteiger partial charge in [0.05, 0.1) is 0 Å². The number of hydrogen-bond acceptors (Lipinski definition) is 1. The lowest BCUT2D eigenvalue weighted by molar-refractivity contribution is 0.487. The van der Waals surface area contributed by atoms with E-state index in [4.69, 9.17) is 4.74 Å². The molecule has 1 heteroatoms. The molecule has 0 N–H and O–H groups in total. The molecular weight excluding hydrogens is 593 g/mol. The first kappa shape index (κ1) is 26.6. The van der Waals surface area contributed by atoms with Crippen molar-refractivity contribution in [2.24, 2.45) is 0 Å². The van der Waals surface area contributed by atoms with Gasteiger partial charge in [-0.25, -0.2) is 0 Å². The summed E-state index contributed by atoms with van der Waals surface area (Å²) in [6.45, 7) is 0. The van der Waals surface area contributed by atoms with Gasteiger partial charge < -0.3 is 4.74 Å². The Kier molecular flexibility index (Phi) is 5.45. The molecular formula is C48H28O. The maximum atomic E-state index is 6.37. The van der Waals surface area contributed by atoms with Crippen LogP contribution < -0.4 is 4.74 Å². The first-order chi connectivity index (χ1) is 24.3. The van der Waals surface area contributed by atoms with Crippen molar-refractivity contribution in [1.82, 2.24) is 0 Å². The van der Waals surface area contributed by atoms with E-state index in [1.807, 2.05) is 12.1 Å². The Balaban J connectivity index is 1.09. The van der Waals surface area contributed by atoms with Crippen molar-refractivity contribution < 1.29 is 4.74 Å². The van der Waals surface area contributed by atoms with Gasteiger partial charge in [0.2, 0.25) is 0 Å². The number of rotatable bonds is 2. The molecule has 0 aliphatic carbocycles. The second-order valence-corrected chi connectivity index (χ2v) is 13.2. The van der Waals surface area contributed by atoms with E-state index in [-0.39, 0.29) is 0 Å². The Morgan fingerprint density at radius 3 is 1.57 bits per heavy atom. The molecule has 226 valence electrons. The molecule has 0 bridgehead atoms. The van der Waals surface area contributed by atoms with Crippen LogP contribution in [0, 0.1) is 0 Å². The van der Waals surface area contributed by atoms with Crippen LogP contribution in [0.1, 0.15) is 0 Å². The van der Waals surface area contributed by atoms with E-state index in [0.717, 1.165) is 17.1 Å². The number of ether oxygens (including phenoxy) is 1. The van der Waals surface area contributed by atoms with Crippen LogP contribution in [0.15, 0.2) is 170 Å². The number of para-hydroxylation sites is 1. The van der Waals surface area contributed by atoms with Crippen molar-refractivity contribution in [2.45, 2.75) is 0 Å². The first-order valence-corrected chi connectivity index (χ1v) is 16.9. The fourth-order valence-corrected chi connectivity index (χ4v) is 8.42. The molecule has 10 aromatic rings. The van der Waals surface area contributed by atoms with Crippen molar-refractivity contribution in [2.75, 3.05) is 0 Å². The number of fused-ring (bicyclic) bond motifs is 11. The van der Waals surface area contributed by atoms with Gasteiger partial charge in [-0.05, 0) is 117 Å². The summed E-state index contributed by atoms with van der Waals surface area (Å²) in [5, 5.41) is 15.2. The van der Waals surface area contributed by atoms with Gasteiger partial charge in [0.25, 0.3) is 0 Å². The van der Waals surface area contributed by atoms with E-state index in [9.17, 15) is 0 Å². The van der Waals surface area contributed by atoms with Crippen LogP contribution in [0.25, 0.3) is 98.0 Å². The highest BCUT2D eigenvalue weighted by Gasteiger charge is 2.21. The molecule has 0 amide bonds. The summed E-state index contributed by atoms with van der Waals surface area (Å²) in [4.78, 5) is 0. The zero-order valence-electron chi connectivity index (χ0n) is 26.6. The second-order valence-electron chi connectivity index (χ2n) is 13.2. The molecule has 0 saturated carbocycles. The van der Waals surface area contributed by atoms with Crippen LogP contribution in [0.4, 0.5) is 0 Å². The molecule has 0 atom stereocenters. The molecule has 0 radical (unpaired) electrons. The molecule has 1 aliphatic heterocycles. The molecule has 1 aliphatic rings. The number of hydrogen-bond donors (Lipinski definition) is 0. The van der Waals surface area contributed by atoms with Gasteiger partial charge in [0, 0.05) is 10.9 Å². The van der Waals surface area contributed by atoms with E-state index in [1.165, 1.54) is 92.5 Å². The van der Waals surface area contributed by atoms with E-state index in [2.05, 4.69) is 158 Å². The first-order valence-electron chi connectivity index (χ1n) is 16.9. The molecule has 0 unspecified atom stereocenters. The van der Waals surface area contributed by atoms with Crippen LogP contribution in [-0.2, 0) is 0 Å². The molecule has 1 heterocycles. The third-order valence-electron chi connectivity index (χ3n) is 10.6. The summed E-state index contributed by atoms with van der Waals surface area (Å²) in [5.41, 5.74) is 7.29. The van der Waals surface area contributed by atoms with Crippen LogP contribution in [0.5, 0.6) is 11.5 Å². The molecule has 1 nitrogen and oxygen atoms in total. The van der Waals surface area contributed by atoms with Gasteiger partial charge in [0.15, 0.2) is 0 Å². The van der Waals surface area contributed by atoms with Gasteiger partial charge in [-0.1, -0.05) is 140 Å². The minimum absolute atomic E-state index is 0.914. The lowest BCUT2D eigenvalue weighted by Gasteiger charge is -2.22. The summed E-state index contributed by atoms with van der Waals surface area (Å²) in [7, 11) is 0. The highest BCUT2D eigenvalue weighted by molar-refractivity contribution is 6.33. The maximum absolute atomic E-state index is 6.37. The predicted octanol–water partition coefficient (Wildman–Crippen LogP) is 13.7. The molecule has 0 saturated heterocycles. The Morgan fingerprint density at radius 2 is 0.816 bits per heavy atom. The van der Waals surface area contributed by atoms with Gasteiger partial charge in [-0.2, -0.15) is 0 Å². The lowest BCUT2D eigenvalue weighted by atomic mass is 9.87. The van der Waals surface area contributed by atoms with Crippen molar-refractivity contribution in [1.29, 1.82) is 0 Å². The van der Waals surface area contributed by atoms with Gasteiger partial charge in [-0.3, -0.25) is 0 Å². The molecule has 0 spiro atoms. The van der Waals surface area contributed by atoms with Gasteiger partial charge in [0.1, 0.15) is 11.5 Å². The van der Waals surface area contributed by atoms with Crippen LogP contribution in [-0.4, -0.2) is 0 Å². The lowest BCUT2D eigenvalue weighted by Crippen LogP contribution is -1.97. The molecule has 0 aromatic heterocycles. The second kappa shape index (κ2) is 10.0. The van der Waals surface area contributed by atoms with Gasteiger partial charge >= 0.3 is 0 Å².